The fourth-order valence-electron chi connectivity index (χ4n) is 1.32. The zero-order valence-electron chi connectivity index (χ0n) is 9.01. The molecule has 1 rings (SSSR count). The van der Waals surface area contributed by atoms with Crippen molar-refractivity contribution >= 4 is 25.7 Å². The van der Waals surface area contributed by atoms with E-state index in [1.54, 1.807) is 6.07 Å². The first-order valence-electron chi connectivity index (χ1n) is 4.68. The molecule has 0 spiro atoms. The zero-order valence-corrected chi connectivity index (χ0v) is 10.6. The van der Waals surface area contributed by atoms with Crippen molar-refractivity contribution in [2.45, 2.75) is 17.7 Å². The lowest BCUT2D eigenvalue weighted by Crippen LogP contribution is -2.01. The van der Waals surface area contributed by atoms with Gasteiger partial charge in [-0.3, -0.25) is 4.79 Å². The van der Waals surface area contributed by atoms with E-state index in [4.69, 9.17) is 20.5 Å². The first kappa shape index (κ1) is 13.8. The van der Waals surface area contributed by atoms with Crippen LogP contribution >= 0.6 is 10.7 Å². The molecule has 0 atom stereocenters. The lowest BCUT2D eigenvalue weighted by molar-refractivity contribution is -0.136. The molecule has 0 radical (unpaired) electrons. The second kappa shape index (κ2) is 5.37. The summed E-state index contributed by atoms with van der Waals surface area (Å²) >= 11 is 0. The number of aryl methyl sites for hydroxylation is 1. The van der Waals surface area contributed by atoms with Gasteiger partial charge in [-0.05, 0) is 24.1 Å². The fraction of sp³-hybridized carbons (Fsp3) is 0.300. The molecule has 0 aromatic heterocycles. The van der Waals surface area contributed by atoms with Crippen molar-refractivity contribution in [2.75, 3.05) is 7.11 Å². The highest BCUT2D eigenvalue weighted by Gasteiger charge is 2.17. The average molecular weight is 279 g/mol. The molecule has 7 heteroatoms. The second-order valence-corrected chi connectivity index (χ2v) is 5.85. The Morgan fingerprint density at radius 2 is 2.12 bits per heavy atom. The summed E-state index contributed by atoms with van der Waals surface area (Å²) in [5.74, 6) is -0.810. The van der Waals surface area contributed by atoms with Gasteiger partial charge in [0.15, 0.2) is 0 Å². The van der Waals surface area contributed by atoms with Crippen molar-refractivity contribution in [2.24, 2.45) is 0 Å². The molecule has 0 amide bonds. The van der Waals surface area contributed by atoms with Crippen LogP contribution < -0.4 is 4.74 Å². The highest BCUT2D eigenvalue weighted by atomic mass is 35.7. The Morgan fingerprint density at radius 1 is 1.47 bits per heavy atom. The van der Waals surface area contributed by atoms with Crippen LogP contribution in [0.15, 0.2) is 23.1 Å². The summed E-state index contributed by atoms with van der Waals surface area (Å²) in [4.78, 5) is 10.3. The third-order valence-corrected chi connectivity index (χ3v) is 3.46. The van der Waals surface area contributed by atoms with Crippen LogP contribution in [0.5, 0.6) is 5.75 Å². The number of ether oxygens (including phenoxy) is 1. The van der Waals surface area contributed by atoms with Crippen LogP contribution in [0.3, 0.4) is 0 Å². The van der Waals surface area contributed by atoms with Crippen molar-refractivity contribution in [1.82, 2.24) is 0 Å². The molecule has 1 aromatic carbocycles. The molecule has 0 bridgehead atoms. The van der Waals surface area contributed by atoms with Crippen LogP contribution in [0, 0.1) is 0 Å². The van der Waals surface area contributed by atoms with Crippen LogP contribution in [0.25, 0.3) is 0 Å². The van der Waals surface area contributed by atoms with Crippen LogP contribution in [0.1, 0.15) is 12.0 Å². The monoisotopic (exact) mass is 278 g/mol. The summed E-state index contributed by atoms with van der Waals surface area (Å²) in [6, 6.07) is 4.38. The number of benzene rings is 1. The third-order valence-electron chi connectivity index (χ3n) is 2.12. The van der Waals surface area contributed by atoms with E-state index in [-0.39, 0.29) is 23.5 Å². The maximum absolute atomic E-state index is 11.3. The minimum absolute atomic E-state index is 0.0753. The SMILES string of the molecule is COc1ccc(CCC(=O)O)cc1S(=O)(=O)Cl. The van der Waals surface area contributed by atoms with E-state index in [1.807, 2.05) is 0 Å². The topological polar surface area (TPSA) is 80.7 Å². The van der Waals surface area contributed by atoms with E-state index >= 15 is 0 Å². The fourth-order valence-corrected chi connectivity index (χ4v) is 2.36. The molecule has 5 nitrogen and oxygen atoms in total. The molecule has 0 saturated carbocycles. The smallest absolute Gasteiger partial charge is 0.303 e. The minimum atomic E-state index is -3.91. The predicted molar refractivity (Wildman–Crippen MR) is 62.0 cm³/mol. The number of halogens is 1. The Morgan fingerprint density at radius 3 is 2.59 bits per heavy atom. The Kier molecular flexibility index (Phi) is 4.36. The van der Waals surface area contributed by atoms with E-state index in [9.17, 15) is 13.2 Å². The summed E-state index contributed by atoms with van der Waals surface area (Å²) in [6.45, 7) is 0. The number of aliphatic carboxylic acids is 1. The van der Waals surface area contributed by atoms with E-state index in [0.29, 0.717) is 5.56 Å². The number of hydrogen-bond donors (Lipinski definition) is 1. The molecule has 0 aliphatic heterocycles. The molecule has 0 saturated heterocycles. The lowest BCUT2D eigenvalue weighted by atomic mass is 10.1. The minimum Gasteiger partial charge on any atom is -0.495 e. The molecule has 1 aromatic rings. The van der Waals surface area contributed by atoms with Gasteiger partial charge in [-0.2, -0.15) is 0 Å². The third kappa shape index (κ3) is 3.90. The lowest BCUT2D eigenvalue weighted by Gasteiger charge is -2.07. The maximum Gasteiger partial charge on any atom is 0.303 e. The van der Waals surface area contributed by atoms with Gasteiger partial charge in [-0.15, -0.1) is 0 Å². The van der Waals surface area contributed by atoms with E-state index in [0.717, 1.165) is 0 Å². The molecule has 94 valence electrons. The van der Waals surface area contributed by atoms with Gasteiger partial charge in [0.2, 0.25) is 0 Å². The van der Waals surface area contributed by atoms with Crippen LogP contribution in [0.4, 0.5) is 0 Å². The average Bonchev–Trinajstić information content (AvgIpc) is 2.24. The van der Waals surface area contributed by atoms with Gasteiger partial charge in [-0.1, -0.05) is 6.07 Å². The Labute approximate surface area is 103 Å². The molecule has 17 heavy (non-hydrogen) atoms. The molecular formula is C10H11ClO5S. The molecule has 1 N–H and O–H groups in total. The van der Waals surface area contributed by atoms with Gasteiger partial charge in [0.1, 0.15) is 10.6 Å². The molecule has 0 heterocycles. The Balaban J connectivity index is 3.10. The van der Waals surface area contributed by atoms with Crippen LogP contribution in [0.2, 0.25) is 0 Å². The second-order valence-electron chi connectivity index (χ2n) is 3.32. The normalized spacial score (nSPS) is 11.2. The summed E-state index contributed by atoms with van der Waals surface area (Å²) in [6.07, 6.45) is 0.160. The van der Waals surface area contributed by atoms with Crippen LogP contribution in [-0.2, 0) is 20.3 Å². The van der Waals surface area contributed by atoms with Crippen molar-refractivity contribution in [3.63, 3.8) is 0 Å². The number of methoxy groups -OCH3 is 1. The van der Waals surface area contributed by atoms with Crippen LogP contribution in [-0.4, -0.2) is 26.6 Å². The van der Waals surface area contributed by atoms with E-state index < -0.39 is 15.0 Å². The first-order chi connectivity index (χ1) is 7.84. The van der Waals surface area contributed by atoms with Gasteiger partial charge in [0.25, 0.3) is 9.05 Å². The van der Waals surface area contributed by atoms with Crippen molar-refractivity contribution < 1.29 is 23.1 Å². The Bertz CT molecular complexity index is 523. The summed E-state index contributed by atoms with van der Waals surface area (Å²) in [5.41, 5.74) is 0.576. The molecule has 0 fully saturated rings. The molecule has 0 aliphatic rings. The van der Waals surface area contributed by atoms with E-state index in [2.05, 4.69) is 0 Å². The van der Waals surface area contributed by atoms with Crippen molar-refractivity contribution in [3.8, 4) is 5.75 Å². The summed E-state index contributed by atoms with van der Waals surface area (Å²) in [5, 5.41) is 8.54. The number of carboxylic acids is 1. The zero-order chi connectivity index (χ0) is 13.1. The molecule has 0 aliphatic carbocycles. The molecule has 0 unspecified atom stereocenters. The van der Waals surface area contributed by atoms with Gasteiger partial charge in [0, 0.05) is 17.1 Å². The highest BCUT2D eigenvalue weighted by Crippen LogP contribution is 2.28. The van der Waals surface area contributed by atoms with Gasteiger partial charge >= 0.3 is 5.97 Å². The predicted octanol–water partition coefficient (Wildman–Crippen LogP) is 1.64. The standard InChI is InChI=1S/C10H11ClO5S/c1-16-8-4-2-7(3-5-10(12)13)6-9(8)17(11,14)15/h2,4,6H,3,5H2,1H3,(H,12,13). The quantitative estimate of drug-likeness (QED) is 0.828. The Hall–Kier alpha value is -1.27. The van der Waals surface area contributed by atoms with Gasteiger partial charge < -0.3 is 9.84 Å². The van der Waals surface area contributed by atoms with Crippen molar-refractivity contribution in [1.29, 1.82) is 0 Å². The summed E-state index contributed by atoms with van der Waals surface area (Å²) < 4.78 is 27.4. The maximum atomic E-state index is 11.3. The highest BCUT2D eigenvalue weighted by molar-refractivity contribution is 8.13. The number of carboxylic acid groups (broad SMARTS) is 1. The number of hydrogen-bond acceptors (Lipinski definition) is 4. The summed E-state index contributed by atoms with van der Waals surface area (Å²) in [7, 11) is 2.68. The number of carbonyl (C=O) groups is 1. The molecular weight excluding hydrogens is 268 g/mol. The van der Waals surface area contributed by atoms with Crippen molar-refractivity contribution in [3.05, 3.63) is 23.8 Å². The van der Waals surface area contributed by atoms with E-state index in [1.165, 1.54) is 19.2 Å². The first-order valence-corrected chi connectivity index (χ1v) is 6.99. The number of rotatable bonds is 5. The van der Waals surface area contributed by atoms with Gasteiger partial charge in [-0.25, -0.2) is 8.42 Å². The largest absolute Gasteiger partial charge is 0.495 e. The van der Waals surface area contributed by atoms with Gasteiger partial charge in [0.05, 0.1) is 7.11 Å².